The molecule has 0 aliphatic heterocycles. The Kier molecular flexibility index (Phi) is 4.49. The normalized spacial score (nSPS) is 13.1. The minimum absolute atomic E-state index is 0.0902. The van der Waals surface area contributed by atoms with Gasteiger partial charge in [-0.05, 0) is 66.3 Å². The summed E-state index contributed by atoms with van der Waals surface area (Å²) in [6.07, 6.45) is 6.97. The molecule has 0 bridgehead atoms. The molecule has 0 saturated heterocycles. The summed E-state index contributed by atoms with van der Waals surface area (Å²) < 4.78 is 0. The van der Waals surface area contributed by atoms with Crippen molar-refractivity contribution in [1.82, 2.24) is 0 Å². The number of aryl methyl sites for hydroxylation is 2. The minimum atomic E-state index is -0.0902. The van der Waals surface area contributed by atoms with Crippen LogP contribution >= 0.6 is 11.3 Å². The maximum Gasteiger partial charge on any atom is 0.248 e. The number of carbonyl (C=O) groups is 1. The molecule has 3 aromatic rings. The van der Waals surface area contributed by atoms with Crippen LogP contribution in [0.4, 0.5) is 5.69 Å². The molecule has 0 atom stereocenters. The Morgan fingerprint density at radius 1 is 0.960 bits per heavy atom. The molecular weight excluding hydrogens is 326 g/mol. The number of benzene rings is 2. The molecule has 0 fully saturated rings. The molecule has 0 unspecified atom stereocenters. The van der Waals surface area contributed by atoms with Gasteiger partial charge in [-0.25, -0.2) is 0 Å². The van der Waals surface area contributed by atoms with E-state index < -0.39 is 0 Å². The van der Waals surface area contributed by atoms with Crippen LogP contribution in [0.1, 0.15) is 22.4 Å². The van der Waals surface area contributed by atoms with Crippen LogP contribution in [0.5, 0.6) is 0 Å². The molecule has 0 saturated carbocycles. The first-order valence-corrected chi connectivity index (χ1v) is 9.36. The highest BCUT2D eigenvalue weighted by molar-refractivity contribution is 7.16. The lowest BCUT2D eigenvalue weighted by Gasteiger charge is -2.05. The third-order valence-electron chi connectivity index (χ3n) is 4.45. The van der Waals surface area contributed by atoms with Crippen LogP contribution in [0.25, 0.3) is 16.5 Å². The molecule has 25 heavy (non-hydrogen) atoms. The Morgan fingerprint density at radius 2 is 1.80 bits per heavy atom. The number of nitrogens with one attached hydrogen (secondary N) is 1. The smallest absolute Gasteiger partial charge is 0.248 e. The summed E-state index contributed by atoms with van der Waals surface area (Å²) in [6, 6.07) is 20.7. The lowest BCUT2D eigenvalue weighted by Crippen LogP contribution is -2.07. The second-order valence-corrected chi connectivity index (χ2v) is 7.34. The molecule has 1 heterocycles. The molecule has 1 aliphatic carbocycles. The predicted octanol–water partition coefficient (Wildman–Crippen LogP) is 5.56. The van der Waals surface area contributed by atoms with Crippen LogP contribution in [0.2, 0.25) is 0 Å². The number of thiophene rings is 1. The number of hydrogen-bond donors (Lipinski definition) is 1. The third-order valence-corrected chi connectivity index (χ3v) is 5.55. The fourth-order valence-electron chi connectivity index (χ4n) is 3.19. The number of rotatable bonds is 4. The topological polar surface area (TPSA) is 29.1 Å². The van der Waals surface area contributed by atoms with Crippen LogP contribution in [0.15, 0.2) is 66.7 Å². The zero-order valence-corrected chi connectivity index (χ0v) is 14.7. The monoisotopic (exact) mass is 345 g/mol. The van der Waals surface area contributed by atoms with Crippen LogP contribution in [0.3, 0.4) is 0 Å². The summed E-state index contributed by atoms with van der Waals surface area (Å²) in [5, 5.41) is 2.96. The van der Waals surface area contributed by atoms with Gasteiger partial charge in [0.1, 0.15) is 0 Å². The Labute approximate surface area is 151 Å². The van der Waals surface area contributed by atoms with Gasteiger partial charge in [0, 0.05) is 21.5 Å². The molecule has 0 radical (unpaired) electrons. The van der Waals surface area contributed by atoms with Crippen molar-refractivity contribution in [3.63, 3.8) is 0 Å². The first-order chi connectivity index (χ1) is 12.3. The molecular formula is C22H19NOS. The number of fused-ring (bicyclic) bond motifs is 1. The van der Waals surface area contributed by atoms with E-state index in [9.17, 15) is 4.79 Å². The van der Waals surface area contributed by atoms with Crippen molar-refractivity contribution in [2.75, 3.05) is 5.32 Å². The zero-order chi connectivity index (χ0) is 17.1. The summed E-state index contributed by atoms with van der Waals surface area (Å²) in [5.74, 6) is -0.0902. The van der Waals surface area contributed by atoms with Crippen LogP contribution in [-0.2, 0) is 17.6 Å². The van der Waals surface area contributed by atoms with Crippen molar-refractivity contribution in [2.45, 2.75) is 19.3 Å². The van der Waals surface area contributed by atoms with Gasteiger partial charge in [-0.15, -0.1) is 11.3 Å². The molecule has 1 amide bonds. The number of anilines is 1. The Morgan fingerprint density at radius 3 is 2.68 bits per heavy atom. The van der Waals surface area contributed by atoms with E-state index in [1.165, 1.54) is 28.0 Å². The maximum absolute atomic E-state index is 12.2. The highest BCUT2D eigenvalue weighted by Gasteiger charge is 2.11. The van der Waals surface area contributed by atoms with E-state index in [0.717, 1.165) is 23.4 Å². The Hall–Kier alpha value is -2.65. The van der Waals surface area contributed by atoms with E-state index in [1.807, 2.05) is 36.4 Å². The van der Waals surface area contributed by atoms with Gasteiger partial charge in [-0.2, -0.15) is 0 Å². The van der Waals surface area contributed by atoms with Crippen LogP contribution in [-0.4, -0.2) is 5.91 Å². The van der Waals surface area contributed by atoms with Crippen LogP contribution < -0.4 is 5.32 Å². The average Bonchev–Trinajstić information content (AvgIpc) is 3.30. The lowest BCUT2D eigenvalue weighted by molar-refractivity contribution is -0.111. The standard InChI is InChI=1S/C22H19NOS/c24-22(23-19-10-9-16-7-4-8-18(16)15-19)14-12-20-11-13-21(25-20)17-5-2-1-3-6-17/h1-3,5-6,9-15H,4,7-8H2,(H,23,24)/b14-12+. The van der Waals surface area contributed by atoms with Crippen molar-refractivity contribution >= 4 is 29.0 Å². The fourth-order valence-corrected chi connectivity index (χ4v) is 4.11. The van der Waals surface area contributed by atoms with Gasteiger partial charge in [-0.3, -0.25) is 4.79 Å². The number of hydrogen-bond acceptors (Lipinski definition) is 2. The van der Waals surface area contributed by atoms with Crippen LogP contribution in [0, 0.1) is 0 Å². The second-order valence-electron chi connectivity index (χ2n) is 6.23. The van der Waals surface area contributed by atoms with Gasteiger partial charge in [0.25, 0.3) is 0 Å². The number of amides is 1. The molecule has 0 spiro atoms. The van der Waals surface area contributed by atoms with E-state index in [1.54, 1.807) is 17.4 Å². The zero-order valence-electron chi connectivity index (χ0n) is 13.9. The van der Waals surface area contributed by atoms with Gasteiger partial charge in [0.15, 0.2) is 0 Å². The lowest BCUT2D eigenvalue weighted by atomic mass is 10.1. The quantitative estimate of drug-likeness (QED) is 0.617. The van der Waals surface area contributed by atoms with Gasteiger partial charge < -0.3 is 5.32 Å². The predicted molar refractivity (Wildman–Crippen MR) is 106 cm³/mol. The molecule has 1 aliphatic rings. The van der Waals surface area contributed by atoms with Gasteiger partial charge in [0.2, 0.25) is 5.91 Å². The minimum Gasteiger partial charge on any atom is -0.323 e. The fraction of sp³-hybridized carbons (Fsp3) is 0.136. The second kappa shape index (κ2) is 7.08. The van der Waals surface area contributed by atoms with Gasteiger partial charge in [-0.1, -0.05) is 36.4 Å². The maximum atomic E-state index is 12.2. The molecule has 3 heteroatoms. The average molecular weight is 345 g/mol. The summed E-state index contributed by atoms with van der Waals surface area (Å²) in [6.45, 7) is 0. The Balaban J connectivity index is 1.42. The largest absolute Gasteiger partial charge is 0.323 e. The number of carbonyl (C=O) groups excluding carboxylic acids is 1. The summed E-state index contributed by atoms with van der Waals surface area (Å²) in [4.78, 5) is 14.4. The summed E-state index contributed by atoms with van der Waals surface area (Å²) >= 11 is 1.68. The van der Waals surface area contributed by atoms with Crippen molar-refractivity contribution in [3.05, 3.63) is 82.7 Å². The first kappa shape index (κ1) is 15.9. The molecule has 4 rings (SSSR count). The molecule has 2 aromatic carbocycles. The highest BCUT2D eigenvalue weighted by Crippen LogP contribution is 2.28. The first-order valence-electron chi connectivity index (χ1n) is 8.54. The van der Waals surface area contributed by atoms with E-state index in [0.29, 0.717) is 0 Å². The molecule has 124 valence electrons. The molecule has 1 N–H and O–H groups in total. The summed E-state index contributed by atoms with van der Waals surface area (Å²) in [7, 11) is 0. The third kappa shape index (κ3) is 3.72. The van der Waals surface area contributed by atoms with E-state index >= 15 is 0 Å². The van der Waals surface area contributed by atoms with Crippen molar-refractivity contribution < 1.29 is 4.79 Å². The van der Waals surface area contributed by atoms with Crippen molar-refractivity contribution in [2.24, 2.45) is 0 Å². The highest BCUT2D eigenvalue weighted by atomic mass is 32.1. The van der Waals surface area contributed by atoms with E-state index in [4.69, 9.17) is 0 Å². The van der Waals surface area contributed by atoms with E-state index in [-0.39, 0.29) is 5.91 Å². The Bertz CT molecular complexity index is 924. The molecule has 2 nitrogen and oxygen atoms in total. The SMILES string of the molecule is O=C(/C=C/c1ccc(-c2ccccc2)s1)Nc1ccc2c(c1)CCC2. The van der Waals surface area contributed by atoms with Gasteiger partial charge in [0.05, 0.1) is 0 Å². The van der Waals surface area contributed by atoms with Gasteiger partial charge >= 0.3 is 0 Å². The van der Waals surface area contributed by atoms with Crippen molar-refractivity contribution in [1.29, 1.82) is 0 Å². The van der Waals surface area contributed by atoms with E-state index in [2.05, 4.69) is 35.6 Å². The summed E-state index contributed by atoms with van der Waals surface area (Å²) in [5.41, 5.74) is 4.87. The molecule has 1 aromatic heterocycles. The van der Waals surface area contributed by atoms with Crippen molar-refractivity contribution in [3.8, 4) is 10.4 Å².